The number of benzene rings is 1. The van der Waals surface area contributed by atoms with Crippen molar-refractivity contribution in [1.29, 1.82) is 0 Å². The zero-order chi connectivity index (χ0) is 19.6. The molecule has 2 atom stereocenters. The van der Waals surface area contributed by atoms with E-state index < -0.39 is 12.1 Å². The van der Waals surface area contributed by atoms with Gasteiger partial charge in [-0.05, 0) is 36.8 Å². The van der Waals surface area contributed by atoms with Crippen molar-refractivity contribution in [3.8, 4) is 0 Å². The monoisotopic (exact) mass is 393 g/mol. The highest BCUT2D eigenvalue weighted by Crippen LogP contribution is 2.13. The lowest BCUT2D eigenvalue weighted by Crippen LogP contribution is -2.39. The molecule has 1 aliphatic rings. The second kappa shape index (κ2) is 10.9. The van der Waals surface area contributed by atoms with Gasteiger partial charge in [0, 0.05) is 13.0 Å². The highest BCUT2D eigenvalue weighted by Gasteiger charge is 2.37. The minimum absolute atomic E-state index is 0.112. The molecule has 0 saturated carbocycles. The van der Waals surface area contributed by atoms with E-state index in [2.05, 4.69) is 10.6 Å². The van der Waals surface area contributed by atoms with Crippen LogP contribution in [-0.4, -0.2) is 65.1 Å². The molecule has 0 unspecified atom stereocenters. The summed E-state index contributed by atoms with van der Waals surface area (Å²) in [5.41, 5.74) is 1.06. The molecule has 0 aromatic heterocycles. The first-order chi connectivity index (χ1) is 13.0. The lowest BCUT2D eigenvalue weighted by molar-refractivity contribution is -0.127. The smallest absolute Gasteiger partial charge is 0.324 e. The van der Waals surface area contributed by atoms with Crippen LogP contribution in [0.2, 0.25) is 0 Å². The van der Waals surface area contributed by atoms with E-state index in [1.165, 1.54) is 4.90 Å². The van der Waals surface area contributed by atoms with E-state index in [-0.39, 0.29) is 37.3 Å². The Balaban J connectivity index is 1.77. The van der Waals surface area contributed by atoms with Crippen LogP contribution in [-0.2, 0) is 16.0 Å². The van der Waals surface area contributed by atoms with Gasteiger partial charge in [-0.15, -0.1) is 0 Å². The SMILES string of the molecule is CSCC[C@@H](CO)NC(=O)CC[C@@H]1NC(=O)N(CCc2ccccc2)C1=O. The number of nitrogens with zero attached hydrogens (tertiary/aromatic N) is 1. The van der Waals surface area contributed by atoms with Gasteiger partial charge in [0.15, 0.2) is 0 Å². The molecule has 0 spiro atoms. The number of imide groups is 1. The van der Waals surface area contributed by atoms with E-state index in [1.54, 1.807) is 11.8 Å². The topological polar surface area (TPSA) is 98.7 Å². The fourth-order valence-electron chi connectivity index (χ4n) is 2.91. The summed E-state index contributed by atoms with van der Waals surface area (Å²) in [6, 6.07) is 8.31. The molecule has 0 radical (unpaired) electrons. The van der Waals surface area contributed by atoms with Gasteiger partial charge in [-0.3, -0.25) is 14.5 Å². The van der Waals surface area contributed by atoms with E-state index >= 15 is 0 Å². The van der Waals surface area contributed by atoms with Crippen molar-refractivity contribution in [3.63, 3.8) is 0 Å². The van der Waals surface area contributed by atoms with Crippen LogP contribution in [0.25, 0.3) is 0 Å². The summed E-state index contributed by atoms with van der Waals surface area (Å²) in [5.74, 6) is 0.337. The normalized spacial score (nSPS) is 17.7. The maximum atomic E-state index is 12.4. The zero-order valence-corrected chi connectivity index (χ0v) is 16.3. The van der Waals surface area contributed by atoms with E-state index in [4.69, 9.17) is 0 Å². The fourth-order valence-corrected chi connectivity index (χ4v) is 3.43. The molecule has 1 saturated heterocycles. The lowest BCUT2D eigenvalue weighted by Gasteiger charge is -2.16. The Hall–Kier alpha value is -2.06. The Morgan fingerprint density at radius 3 is 2.74 bits per heavy atom. The zero-order valence-electron chi connectivity index (χ0n) is 15.5. The van der Waals surface area contributed by atoms with Crippen LogP contribution in [0.15, 0.2) is 30.3 Å². The van der Waals surface area contributed by atoms with Crippen LogP contribution in [0.4, 0.5) is 4.79 Å². The third kappa shape index (κ3) is 6.55. The number of amides is 4. The first-order valence-corrected chi connectivity index (χ1v) is 10.5. The van der Waals surface area contributed by atoms with Gasteiger partial charge in [-0.2, -0.15) is 11.8 Å². The van der Waals surface area contributed by atoms with Crippen LogP contribution in [0.5, 0.6) is 0 Å². The Labute approximate surface area is 163 Å². The van der Waals surface area contributed by atoms with Gasteiger partial charge < -0.3 is 15.7 Å². The number of urea groups is 1. The Morgan fingerprint density at radius 2 is 2.07 bits per heavy atom. The molecule has 1 heterocycles. The van der Waals surface area contributed by atoms with Crippen LogP contribution >= 0.6 is 11.8 Å². The average molecular weight is 394 g/mol. The van der Waals surface area contributed by atoms with Crippen molar-refractivity contribution >= 4 is 29.6 Å². The maximum Gasteiger partial charge on any atom is 0.324 e. The fraction of sp³-hybridized carbons (Fsp3) is 0.526. The second-order valence-corrected chi connectivity index (χ2v) is 7.48. The molecule has 3 N–H and O–H groups in total. The summed E-state index contributed by atoms with van der Waals surface area (Å²) < 4.78 is 0. The molecule has 1 aromatic rings. The van der Waals surface area contributed by atoms with Crippen molar-refractivity contribution in [2.24, 2.45) is 0 Å². The third-order valence-corrected chi connectivity index (χ3v) is 5.13. The Kier molecular flexibility index (Phi) is 8.60. The van der Waals surface area contributed by atoms with E-state index in [0.717, 1.165) is 11.3 Å². The first-order valence-electron chi connectivity index (χ1n) is 9.10. The predicted molar refractivity (Wildman–Crippen MR) is 105 cm³/mol. The molecule has 4 amide bonds. The average Bonchev–Trinajstić information content (AvgIpc) is 2.95. The van der Waals surface area contributed by atoms with Gasteiger partial charge >= 0.3 is 6.03 Å². The van der Waals surface area contributed by atoms with Crippen LogP contribution in [0.3, 0.4) is 0 Å². The van der Waals surface area contributed by atoms with E-state index in [0.29, 0.717) is 19.4 Å². The Morgan fingerprint density at radius 1 is 1.33 bits per heavy atom. The summed E-state index contributed by atoms with van der Waals surface area (Å²) in [6.45, 7) is 0.206. The van der Waals surface area contributed by atoms with Crippen molar-refractivity contribution in [2.75, 3.05) is 25.2 Å². The molecular formula is C19H27N3O4S. The van der Waals surface area contributed by atoms with Crippen molar-refractivity contribution in [1.82, 2.24) is 15.5 Å². The highest BCUT2D eigenvalue weighted by atomic mass is 32.2. The molecule has 2 rings (SSSR count). The van der Waals surface area contributed by atoms with Crippen LogP contribution in [0.1, 0.15) is 24.8 Å². The van der Waals surface area contributed by atoms with Gasteiger partial charge in [0.1, 0.15) is 6.04 Å². The van der Waals surface area contributed by atoms with Gasteiger partial charge in [0.25, 0.3) is 5.91 Å². The van der Waals surface area contributed by atoms with E-state index in [1.807, 2.05) is 36.6 Å². The highest BCUT2D eigenvalue weighted by molar-refractivity contribution is 7.98. The molecule has 1 aromatic carbocycles. The number of nitrogens with one attached hydrogen (secondary N) is 2. The molecule has 27 heavy (non-hydrogen) atoms. The molecule has 7 nitrogen and oxygen atoms in total. The van der Waals surface area contributed by atoms with Crippen LogP contribution < -0.4 is 10.6 Å². The first kappa shape index (κ1) is 21.2. The molecule has 148 valence electrons. The summed E-state index contributed by atoms with van der Waals surface area (Å²) in [4.78, 5) is 37.8. The predicted octanol–water partition coefficient (Wildman–Crippen LogP) is 1.16. The molecule has 1 fully saturated rings. The summed E-state index contributed by atoms with van der Waals surface area (Å²) in [6.07, 6.45) is 3.63. The summed E-state index contributed by atoms with van der Waals surface area (Å²) >= 11 is 1.65. The number of aliphatic hydroxyl groups excluding tert-OH is 1. The van der Waals surface area contributed by atoms with Crippen molar-refractivity contribution in [3.05, 3.63) is 35.9 Å². The van der Waals surface area contributed by atoms with Crippen LogP contribution in [0, 0.1) is 0 Å². The van der Waals surface area contributed by atoms with Gasteiger partial charge in [0.05, 0.1) is 12.6 Å². The van der Waals surface area contributed by atoms with Gasteiger partial charge in [-0.25, -0.2) is 4.79 Å². The van der Waals surface area contributed by atoms with Gasteiger partial charge in [-0.1, -0.05) is 30.3 Å². The number of thioether (sulfide) groups is 1. The quantitative estimate of drug-likeness (QED) is 0.490. The number of aliphatic hydroxyl groups is 1. The standard InChI is InChI=1S/C19H27N3O4S/c1-27-12-10-15(13-23)20-17(24)8-7-16-18(25)22(19(26)21-16)11-9-14-5-3-2-4-6-14/h2-6,15-16,23H,7-13H2,1H3,(H,20,24)(H,21,26)/t15-,16-/m0/s1. The molecule has 1 aliphatic heterocycles. The number of rotatable bonds is 11. The minimum atomic E-state index is -0.669. The molecule has 8 heteroatoms. The van der Waals surface area contributed by atoms with Gasteiger partial charge in [0.2, 0.25) is 5.91 Å². The third-order valence-electron chi connectivity index (χ3n) is 4.49. The van der Waals surface area contributed by atoms with E-state index in [9.17, 15) is 19.5 Å². The minimum Gasteiger partial charge on any atom is -0.394 e. The largest absolute Gasteiger partial charge is 0.394 e. The van der Waals surface area contributed by atoms with Crippen molar-refractivity contribution < 1.29 is 19.5 Å². The molecular weight excluding hydrogens is 366 g/mol. The number of carbonyl (C=O) groups is 3. The number of carbonyl (C=O) groups excluding carboxylic acids is 3. The summed E-state index contributed by atoms with van der Waals surface area (Å²) in [7, 11) is 0. The number of hydrogen-bond donors (Lipinski definition) is 3. The maximum absolute atomic E-state index is 12.4. The summed E-state index contributed by atoms with van der Waals surface area (Å²) in [5, 5.41) is 14.7. The Bertz CT molecular complexity index is 641. The van der Waals surface area contributed by atoms with Crippen molar-refractivity contribution in [2.45, 2.75) is 37.8 Å². The molecule has 0 aliphatic carbocycles. The number of hydrogen-bond acceptors (Lipinski definition) is 5. The second-order valence-electron chi connectivity index (χ2n) is 6.49. The lowest BCUT2D eigenvalue weighted by atomic mass is 10.1. The molecule has 0 bridgehead atoms.